The van der Waals surface area contributed by atoms with E-state index in [1.807, 2.05) is 78.9 Å². The molecule has 0 aliphatic carbocycles. The first kappa shape index (κ1) is 32.1. The molecule has 0 bridgehead atoms. The average Bonchev–Trinajstić information content (AvgIpc) is 3.42. The van der Waals surface area contributed by atoms with Crippen molar-refractivity contribution in [2.24, 2.45) is 0 Å². The van der Waals surface area contributed by atoms with Gasteiger partial charge in [0, 0.05) is 18.9 Å². The van der Waals surface area contributed by atoms with Gasteiger partial charge in [-0.1, -0.05) is 54.6 Å². The van der Waals surface area contributed by atoms with Gasteiger partial charge in [0.2, 0.25) is 0 Å². The smallest absolute Gasteiger partial charge is 0.330 e. The number of nitrogens with zero attached hydrogens (tertiary/aromatic N) is 1. The molecule has 0 spiro atoms. The van der Waals surface area contributed by atoms with Crippen LogP contribution in [0.2, 0.25) is 0 Å². The number of methoxy groups -OCH3 is 3. The van der Waals surface area contributed by atoms with Crippen molar-refractivity contribution in [3.63, 3.8) is 0 Å². The lowest BCUT2D eigenvalue weighted by Gasteiger charge is -2.40. The average molecular weight is 619 g/mol. The Kier molecular flexibility index (Phi) is 10.2. The number of nitrogens with one attached hydrogen (secondary N) is 1. The Morgan fingerprint density at radius 3 is 1.93 bits per heavy atom. The normalized spacial score (nSPS) is 19.8. The third-order valence-electron chi connectivity index (χ3n) is 7.97. The minimum absolute atomic E-state index is 0.152. The number of aliphatic hydroxyl groups excluding tert-OH is 1. The quantitative estimate of drug-likeness (QED) is 0.171. The van der Waals surface area contributed by atoms with Crippen LogP contribution in [-0.2, 0) is 24.5 Å². The van der Waals surface area contributed by atoms with Gasteiger partial charge in [0.05, 0.1) is 34.0 Å². The van der Waals surface area contributed by atoms with Crippen molar-refractivity contribution < 1.29 is 33.5 Å². The molecule has 45 heavy (non-hydrogen) atoms. The SMILES string of the molecule is COCCO[C@@H]1[C@H](OC(c2ccccc2)(c2ccc(OC)cc2)c2ccc(OC)cc2)[C@@H](CO)O[C@H]1n1cc(C)c(=O)[nH]c1=O. The molecule has 11 heteroatoms. The summed E-state index contributed by atoms with van der Waals surface area (Å²) in [5.74, 6) is 1.34. The van der Waals surface area contributed by atoms with Crippen LogP contribution in [0, 0.1) is 6.92 Å². The van der Waals surface area contributed by atoms with E-state index in [1.165, 1.54) is 10.8 Å². The van der Waals surface area contributed by atoms with Crippen LogP contribution in [0.5, 0.6) is 11.5 Å². The van der Waals surface area contributed by atoms with E-state index in [9.17, 15) is 14.7 Å². The molecule has 1 aliphatic heterocycles. The Labute approximate surface area is 260 Å². The third-order valence-corrected chi connectivity index (χ3v) is 7.97. The number of hydrogen-bond donors (Lipinski definition) is 2. The van der Waals surface area contributed by atoms with Gasteiger partial charge in [0.25, 0.3) is 5.56 Å². The van der Waals surface area contributed by atoms with Gasteiger partial charge in [-0.3, -0.25) is 14.3 Å². The highest BCUT2D eigenvalue weighted by atomic mass is 16.6. The maximum absolute atomic E-state index is 13.0. The van der Waals surface area contributed by atoms with Crippen molar-refractivity contribution in [2.45, 2.75) is 37.1 Å². The Morgan fingerprint density at radius 1 is 0.822 bits per heavy atom. The molecule has 1 aromatic heterocycles. The number of aliphatic hydroxyl groups is 1. The van der Waals surface area contributed by atoms with Crippen LogP contribution in [0.15, 0.2) is 94.6 Å². The molecule has 1 fully saturated rings. The number of aromatic amines is 1. The van der Waals surface area contributed by atoms with Crippen molar-refractivity contribution >= 4 is 0 Å². The molecule has 0 saturated carbocycles. The first-order valence-electron chi connectivity index (χ1n) is 14.6. The van der Waals surface area contributed by atoms with Crippen molar-refractivity contribution in [3.8, 4) is 11.5 Å². The standard InChI is InChI=1S/C34H38N2O9/c1-22-20-36(33(39)35-31(22)38)32-30(43-19-18-40-2)29(28(21-37)44-32)45-34(23-8-6-5-7-9-23,24-10-14-26(41-3)15-11-24)25-12-16-27(42-4)17-13-25/h5-17,20,28-30,32,37H,18-19,21H2,1-4H3,(H,35,38,39)/t28-,29-,30-,32-/m1/s1. The number of aryl methyl sites for hydroxylation is 1. The summed E-state index contributed by atoms with van der Waals surface area (Å²) in [5, 5.41) is 10.6. The fourth-order valence-corrected chi connectivity index (χ4v) is 5.67. The van der Waals surface area contributed by atoms with Gasteiger partial charge in [-0.05, 0) is 47.9 Å². The number of H-pyrrole nitrogens is 1. The van der Waals surface area contributed by atoms with Crippen LogP contribution in [0.3, 0.4) is 0 Å². The van der Waals surface area contributed by atoms with E-state index < -0.39 is 48.0 Å². The van der Waals surface area contributed by atoms with E-state index in [4.69, 9.17) is 28.4 Å². The van der Waals surface area contributed by atoms with Crippen molar-refractivity contribution in [1.82, 2.24) is 9.55 Å². The fourth-order valence-electron chi connectivity index (χ4n) is 5.67. The molecular formula is C34H38N2O9. The zero-order chi connectivity index (χ0) is 32.0. The minimum Gasteiger partial charge on any atom is -0.497 e. The molecule has 0 unspecified atom stereocenters. The van der Waals surface area contributed by atoms with Crippen molar-refractivity contribution in [3.05, 3.63) is 128 Å². The first-order chi connectivity index (χ1) is 21.9. The summed E-state index contributed by atoms with van der Waals surface area (Å²) in [7, 11) is 4.76. The van der Waals surface area contributed by atoms with Crippen LogP contribution in [0.1, 0.15) is 28.5 Å². The largest absolute Gasteiger partial charge is 0.497 e. The van der Waals surface area contributed by atoms with Gasteiger partial charge in [-0.15, -0.1) is 0 Å². The minimum atomic E-state index is -1.26. The first-order valence-corrected chi connectivity index (χ1v) is 14.6. The van der Waals surface area contributed by atoms with E-state index in [0.29, 0.717) is 17.1 Å². The second-order valence-electron chi connectivity index (χ2n) is 10.6. The molecule has 5 rings (SSSR count). The Morgan fingerprint density at radius 2 is 1.40 bits per heavy atom. The number of hydrogen-bond acceptors (Lipinski definition) is 9. The van der Waals surface area contributed by atoms with Crippen LogP contribution in [0.25, 0.3) is 0 Å². The third kappa shape index (κ3) is 6.44. The Bertz CT molecular complexity index is 1610. The summed E-state index contributed by atoms with van der Waals surface area (Å²) in [6.07, 6.45) is -2.35. The van der Waals surface area contributed by atoms with E-state index in [0.717, 1.165) is 16.7 Å². The van der Waals surface area contributed by atoms with Crippen LogP contribution in [-0.4, -0.2) is 74.1 Å². The lowest BCUT2D eigenvalue weighted by atomic mass is 9.79. The topological polar surface area (TPSA) is 130 Å². The fraction of sp³-hybridized carbons (Fsp3) is 0.353. The molecule has 3 aromatic carbocycles. The van der Waals surface area contributed by atoms with Crippen molar-refractivity contribution in [1.29, 1.82) is 0 Å². The van der Waals surface area contributed by atoms with Gasteiger partial charge < -0.3 is 33.5 Å². The van der Waals surface area contributed by atoms with E-state index in [2.05, 4.69) is 4.98 Å². The second-order valence-corrected chi connectivity index (χ2v) is 10.6. The van der Waals surface area contributed by atoms with E-state index in [-0.39, 0.29) is 13.2 Å². The predicted octanol–water partition coefficient (Wildman–Crippen LogP) is 3.16. The summed E-state index contributed by atoms with van der Waals surface area (Å²) in [6.45, 7) is 1.58. The van der Waals surface area contributed by atoms with Gasteiger partial charge in [-0.25, -0.2) is 4.79 Å². The molecule has 2 heterocycles. The summed E-state index contributed by atoms with van der Waals surface area (Å²) in [6, 6.07) is 24.8. The lowest BCUT2D eigenvalue weighted by Crippen LogP contribution is -2.47. The number of benzene rings is 3. The van der Waals surface area contributed by atoms with E-state index in [1.54, 1.807) is 28.3 Å². The molecule has 4 atom stereocenters. The number of rotatable bonds is 13. The Balaban J connectivity index is 1.72. The van der Waals surface area contributed by atoms with Gasteiger partial charge in [0.15, 0.2) is 6.23 Å². The highest BCUT2D eigenvalue weighted by Crippen LogP contribution is 2.46. The zero-order valence-electron chi connectivity index (χ0n) is 25.7. The molecular weight excluding hydrogens is 580 g/mol. The summed E-state index contributed by atoms with van der Waals surface area (Å²) in [5.41, 5.74) is 0.222. The van der Waals surface area contributed by atoms with Crippen molar-refractivity contribution in [2.75, 3.05) is 41.2 Å². The lowest BCUT2D eigenvalue weighted by molar-refractivity contribution is -0.129. The summed E-state index contributed by atoms with van der Waals surface area (Å²) >= 11 is 0. The molecule has 4 aromatic rings. The summed E-state index contributed by atoms with van der Waals surface area (Å²) < 4.78 is 37.3. The number of aromatic nitrogens is 2. The highest BCUT2D eigenvalue weighted by molar-refractivity contribution is 5.50. The van der Waals surface area contributed by atoms with Crippen LogP contribution in [0.4, 0.5) is 0 Å². The summed E-state index contributed by atoms with van der Waals surface area (Å²) in [4.78, 5) is 27.6. The second kappa shape index (κ2) is 14.2. The molecule has 2 N–H and O–H groups in total. The monoisotopic (exact) mass is 618 g/mol. The molecule has 1 saturated heterocycles. The maximum Gasteiger partial charge on any atom is 0.330 e. The van der Waals surface area contributed by atoms with Crippen LogP contribution >= 0.6 is 0 Å². The van der Waals surface area contributed by atoms with Crippen LogP contribution < -0.4 is 20.7 Å². The van der Waals surface area contributed by atoms with Gasteiger partial charge in [0.1, 0.15) is 35.4 Å². The number of ether oxygens (including phenoxy) is 6. The maximum atomic E-state index is 13.0. The van der Waals surface area contributed by atoms with Gasteiger partial charge >= 0.3 is 5.69 Å². The zero-order valence-corrected chi connectivity index (χ0v) is 25.7. The van der Waals surface area contributed by atoms with E-state index >= 15 is 0 Å². The predicted molar refractivity (Wildman–Crippen MR) is 166 cm³/mol. The Hall–Kier alpha value is -4.26. The molecule has 0 radical (unpaired) electrons. The molecule has 0 amide bonds. The molecule has 1 aliphatic rings. The molecule has 11 nitrogen and oxygen atoms in total. The van der Waals surface area contributed by atoms with Gasteiger partial charge in [-0.2, -0.15) is 0 Å². The molecule has 238 valence electrons. The highest BCUT2D eigenvalue weighted by Gasteiger charge is 2.52.